The van der Waals surface area contributed by atoms with E-state index in [0.29, 0.717) is 0 Å². The Balaban J connectivity index is 2.23. The summed E-state index contributed by atoms with van der Waals surface area (Å²) in [4.78, 5) is 5.14. The molecule has 0 aliphatic carbocycles. The second-order valence-electron chi connectivity index (χ2n) is 6.92. The molecule has 1 N–H and O–H groups in total. The third-order valence-electron chi connectivity index (χ3n) is 3.94. The van der Waals surface area contributed by atoms with E-state index in [9.17, 15) is 0 Å². The van der Waals surface area contributed by atoms with Crippen LogP contribution in [0.2, 0.25) is 0 Å². The fourth-order valence-corrected chi connectivity index (χ4v) is 2.38. The van der Waals surface area contributed by atoms with Crippen molar-refractivity contribution in [1.82, 2.24) is 15.1 Å². The lowest BCUT2D eigenvalue weighted by Crippen LogP contribution is -2.50. The van der Waals surface area contributed by atoms with Gasteiger partial charge in [0, 0.05) is 50.8 Å². The molecule has 1 atom stereocenters. The Morgan fingerprint density at radius 2 is 1.79 bits per heavy atom. The van der Waals surface area contributed by atoms with E-state index >= 15 is 0 Å². The molecule has 0 aromatic carbocycles. The molecular formula is C16H33N3. The smallest absolute Gasteiger partial charge is 0.0203 e. The van der Waals surface area contributed by atoms with Crippen molar-refractivity contribution in [2.75, 3.05) is 39.3 Å². The first kappa shape index (κ1) is 16.7. The average Bonchev–Trinajstić information content (AvgIpc) is 2.35. The van der Waals surface area contributed by atoms with Crippen LogP contribution in [0.1, 0.15) is 41.0 Å². The van der Waals surface area contributed by atoms with Gasteiger partial charge in [0.2, 0.25) is 0 Å². The van der Waals surface area contributed by atoms with Gasteiger partial charge in [0.25, 0.3) is 0 Å². The van der Waals surface area contributed by atoms with Crippen molar-refractivity contribution in [1.29, 1.82) is 0 Å². The number of piperazine rings is 1. The molecule has 0 bridgehead atoms. The maximum Gasteiger partial charge on any atom is 0.0203 e. The van der Waals surface area contributed by atoms with Crippen LogP contribution in [0.4, 0.5) is 0 Å². The van der Waals surface area contributed by atoms with Crippen molar-refractivity contribution in [3.8, 4) is 0 Å². The van der Waals surface area contributed by atoms with E-state index in [-0.39, 0.29) is 5.54 Å². The molecule has 0 aromatic heterocycles. The van der Waals surface area contributed by atoms with E-state index in [1.165, 1.54) is 38.2 Å². The second-order valence-corrected chi connectivity index (χ2v) is 6.92. The molecule has 3 heteroatoms. The first-order chi connectivity index (χ1) is 8.81. The number of hydrogen-bond acceptors (Lipinski definition) is 3. The Bertz CT molecular complexity index is 272. The normalized spacial score (nSPS) is 20.5. The van der Waals surface area contributed by atoms with E-state index in [0.717, 1.165) is 19.1 Å². The van der Waals surface area contributed by atoms with Crippen molar-refractivity contribution < 1.29 is 0 Å². The van der Waals surface area contributed by atoms with Gasteiger partial charge in [-0.2, -0.15) is 0 Å². The monoisotopic (exact) mass is 267 g/mol. The molecule has 19 heavy (non-hydrogen) atoms. The molecule has 0 radical (unpaired) electrons. The third kappa shape index (κ3) is 6.55. The minimum absolute atomic E-state index is 0.179. The van der Waals surface area contributed by atoms with Gasteiger partial charge in [-0.05, 0) is 39.7 Å². The predicted octanol–water partition coefficient (Wildman–Crippen LogP) is 2.35. The first-order valence-corrected chi connectivity index (χ1v) is 7.70. The zero-order valence-corrected chi connectivity index (χ0v) is 13.6. The van der Waals surface area contributed by atoms with Gasteiger partial charge in [0.1, 0.15) is 0 Å². The second kappa shape index (κ2) is 7.41. The van der Waals surface area contributed by atoms with Gasteiger partial charge in [-0.3, -0.25) is 9.80 Å². The van der Waals surface area contributed by atoms with Gasteiger partial charge in [-0.25, -0.2) is 0 Å². The summed E-state index contributed by atoms with van der Waals surface area (Å²) >= 11 is 0. The number of nitrogens with one attached hydrogen (secondary N) is 1. The lowest BCUT2D eigenvalue weighted by molar-refractivity contribution is 0.106. The van der Waals surface area contributed by atoms with Crippen molar-refractivity contribution in [3.05, 3.63) is 12.2 Å². The van der Waals surface area contributed by atoms with Gasteiger partial charge in [0.15, 0.2) is 0 Å². The van der Waals surface area contributed by atoms with Crippen LogP contribution >= 0.6 is 0 Å². The van der Waals surface area contributed by atoms with Crippen molar-refractivity contribution in [2.24, 2.45) is 0 Å². The third-order valence-corrected chi connectivity index (χ3v) is 3.94. The molecule has 0 aromatic rings. The van der Waals surface area contributed by atoms with Gasteiger partial charge in [-0.1, -0.05) is 13.5 Å². The van der Waals surface area contributed by atoms with Gasteiger partial charge in [-0.15, -0.1) is 0 Å². The molecule has 0 saturated carbocycles. The topological polar surface area (TPSA) is 18.5 Å². The van der Waals surface area contributed by atoms with E-state index in [2.05, 4.69) is 56.3 Å². The molecule has 112 valence electrons. The summed E-state index contributed by atoms with van der Waals surface area (Å²) in [5.41, 5.74) is 1.48. The molecule has 0 spiro atoms. The predicted molar refractivity (Wildman–Crippen MR) is 84.7 cm³/mol. The van der Waals surface area contributed by atoms with Crippen LogP contribution < -0.4 is 5.32 Å². The van der Waals surface area contributed by atoms with E-state index in [4.69, 9.17) is 0 Å². The molecule has 1 saturated heterocycles. The lowest BCUT2D eigenvalue weighted by Gasteiger charge is -2.38. The molecule has 0 amide bonds. The summed E-state index contributed by atoms with van der Waals surface area (Å²) in [5, 5.41) is 3.51. The highest BCUT2D eigenvalue weighted by atomic mass is 15.3. The van der Waals surface area contributed by atoms with E-state index in [1.807, 2.05) is 0 Å². The lowest BCUT2D eigenvalue weighted by atomic mass is 10.1. The number of rotatable bonds is 6. The largest absolute Gasteiger partial charge is 0.308 e. The number of hydrogen-bond donors (Lipinski definition) is 1. The summed E-state index contributed by atoms with van der Waals surface area (Å²) in [6.07, 6.45) is 1.25. The van der Waals surface area contributed by atoms with Gasteiger partial charge >= 0.3 is 0 Å². The molecule has 1 aliphatic heterocycles. The van der Waals surface area contributed by atoms with Gasteiger partial charge < -0.3 is 5.32 Å². The summed E-state index contributed by atoms with van der Waals surface area (Å²) in [6.45, 7) is 22.1. The fourth-order valence-electron chi connectivity index (χ4n) is 2.38. The molecule has 1 rings (SSSR count). The Kier molecular flexibility index (Phi) is 6.51. The van der Waals surface area contributed by atoms with Crippen LogP contribution in [0.25, 0.3) is 0 Å². The zero-order chi connectivity index (χ0) is 14.5. The molecule has 1 fully saturated rings. The first-order valence-electron chi connectivity index (χ1n) is 7.70. The van der Waals surface area contributed by atoms with Crippen molar-refractivity contribution in [2.45, 2.75) is 52.6 Å². The van der Waals surface area contributed by atoms with Crippen LogP contribution in [-0.2, 0) is 0 Å². The molecule has 1 aliphatic rings. The van der Waals surface area contributed by atoms with E-state index < -0.39 is 0 Å². The molecule has 1 heterocycles. The fraction of sp³-hybridized carbons (Fsp3) is 0.875. The van der Waals surface area contributed by atoms with Crippen LogP contribution in [0.3, 0.4) is 0 Å². The Morgan fingerprint density at radius 1 is 1.21 bits per heavy atom. The quantitative estimate of drug-likeness (QED) is 0.745. The zero-order valence-electron chi connectivity index (χ0n) is 13.6. The SMILES string of the molecule is C=C(CNC(C)(C)C)CN1CCN(C(C)CC)CC1. The molecule has 1 unspecified atom stereocenters. The Morgan fingerprint density at radius 3 is 2.26 bits per heavy atom. The molecular weight excluding hydrogens is 234 g/mol. The van der Waals surface area contributed by atoms with Gasteiger partial charge in [0.05, 0.1) is 0 Å². The average molecular weight is 267 g/mol. The molecule has 3 nitrogen and oxygen atoms in total. The minimum atomic E-state index is 0.179. The summed E-state index contributed by atoms with van der Waals surface area (Å²) in [6, 6.07) is 0.730. The highest BCUT2D eigenvalue weighted by molar-refractivity contribution is 5.01. The Labute approximate surface area is 120 Å². The van der Waals surface area contributed by atoms with Crippen LogP contribution in [0.5, 0.6) is 0 Å². The van der Waals surface area contributed by atoms with Crippen molar-refractivity contribution >= 4 is 0 Å². The summed E-state index contributed by atoms with van der Waals surface area (Å²) < 4.78 is 0. The standard InChI is InChI=1S/C16H33N3/c1-7-15(3)19-10-8-18(9-11-19)13-14(2)12-17-16(4,5)6/h15,17H,2,7-13H2,1,3-6H3. The maximum absolute atomic E-state index is 4.20. The highest BCUT2D eigenvalue weighted by Crippen LogP contribution is 2.10. The van der Waals surface area contributed by atoms with Crippen LogP contribution in [-0.4, -0.2) is 60.6 Å². The Hall–Kier alpha value is -0.380. The van der Waals surface area contributed by atoms with Crippen LogP contribution in [0, 0.1) is 0 Å². The minimum Gasteiger partial charge on any atom is -0.308 e. The number of nitrogens with zero attached hydrogens (tertiary/aromatic N) is 2. The summed E-state index contributed by atoms with van der Waals surface area (Å²) in [5.74, 6) is 0. The van der Waals surface area contributed by atoms with Crippen molar-refractivity contribution in [3.63, 3.8) is 0 Å². The van der Waals surface area contributed by atoms with E-state index in [1.54, 1.807) is 0 Å². The van der Waals surface area contributed by atoms with Crippen LogP contribution in [0.15, 0.2) is 12.2 Å². The highest BCUT2D eigenvalue weighted by Gasteiger charge is 2.20. The summed E-state index contributed by atoms with van der Waals surface area (Å²) in [7, 11) is 0. The maximum atomic E-state index is 4.20.